The van der Waals surface area contributed by atoms with Crippen LogP contribution in [0.5, 0.6) is 0 Å². The van der Waals surface area contributed by atoms with E-state index in [1.807, 2.05) is 0 Å². The Bertz CT molecular complexity index is 660. The minimum Gasteiger partial charge on any atom is -0.300 e. The van der Waals surface area contributed by atoms with Gasteiger partial charge in [0.25, 0.3) is 0 Å². The van der Waals surface area contributed by atoms with E-state index in [1.165, 1.54) is 0 Å². The summed E-state index contributed by atoms with van der Waals surface area (Å²) in [6, 6.07) is 0. The standard InChI is InChI=1S/C21H28O3/c1-12(22)15-4-5-16-14-11-19(24)18-10-13(23)6-8-21(18,3)17(14)7-9-20(15,16)2/h10,14-17H,4-9,11H2,1-3H3/t14-,15-,16+,17+,20-,21-/m1/s1. The SMILES string of the molecule is CC(=O)[C@H]1CC[C@H]2[C@H]3CC(=O)C4=CC(=O)CC[C@]4(C)[C@H]3CC[C@]12C. The highest BCUT2D eigenvalue weighted by atomic mass is 16.1. The fraction of sp³-hybridized carbons (Fsp3) is 0.762. The molecule has 3 fully saturated rings. The van der Waals surface area contributed by atoms with Gasteiger partial charge in [0, 0.05) is 24.3 Å². The monoisotopic (exact) mass is 328 g/mol. The second kappa shape index (κ2) is 5.12. The topological polar surface area (TPSA) is 51.2 Å². The van der Waals surface area contributed by atoms with Gasteiger partial charge in [-0.2, -0.15) is 0 Å². The summed E-state index contributed by atoms with van der Waals surface area (Å²) in [6.07, 6.45) is 7.91. The molecule has 0 aromatic heterocycles. The van der Waals surface area contributed by atoms with E-state index in [1.54, 1.807) is 13.0 Å². The number of fused-ring (bicyclic) bond motifs is 5. The lowest BCUT2D eigenvalue weighted by atomic mass is 9.46. The van der Waals surface area contributed by atoms with Crippen molar-refractivity contribution in [2.45, 2.75) is 65.7 Å². The molecule has 3 nitrogen and oxygen atoms in total. The first kappa shape index (κ1) is 16.2. The third-order valence-electron chi connectivity index (χ3n) is 8.28. The first-order valence-electron chi connectivity index (χ1n) is 9.56. The molecule has 3 heteroatoms. The maximum absolute atomic E-state index is 12.9. The van der Waals surface area contributed by atoms with Crippen molar-refractivity contribution in [1.29, 1.82) is 0 Å². The van der Waals surface area contributed by atoms with Gasteiger partial charge in [0.2, 0.25) is 0 Å². The Morgan fingerprint density at radius 1 is 1.08 bits per heavy atom. The van der Waals surface area contributed by atoms with Crippen LogP contribution in [0, 0.1) is 34.5 Å². The summed E-state index contributed by atoms with van der Waals surface area (Å²) in [6.45, 7) is 6.26. The summed E-state index contributed by atoms with van der Waals surface area (Å²) >= 11 is 0. The molecule has 0 unspecified atom stereocenters. The van der Waals surface area contributed by atoms with Crippen LogP contribution in [-0.2, 0) is 14.4 Å². The highest BCUT2D eigenvalue weighted by Crippen LogP contribution is 2.66. The highest BCUT2D eigenvalue weighted by molar-refractivity contribution is 6.05. The Labute approximate surface area is 144 Å². The van der Waals surface area contributed by atoms with Gasteiger partial charge < -0.3 is 0 Å². The molecule has 0 spiro atoms. The Morgan fingerprint density at radius 3 is 2.54 bits per heavy atom. The van der Waals surface area contributed by atoms with Gasteiger partial charge in [-0.15, -0.1) is 0 Å². The Morgan fingerprint density at radius 2 is 1.83 bits per heavy atom. The first-order valence-corrected chi connectivity index (χ1v) is 9.56. The van der Waals surface area contributed by atoms with Crippen molar-refractivity contribution in [1.82, 2.24) is 0 Å². The van der Waals surface area contributed by atoms with Gasteiger partial charge in [-0.05, 0) is 73.7 Å². The van der Waals surface area contributed by atoms with Gasteiger partial charge in [0.15, 0.2) is 11.6 Å². The Hall–Kier alpha value is -1.25. The third kappa shape index (κ3) is 1.99. The van der Waals surface area contributed by atoms with Gasteiger partial charge in [-0.25, -0.2) is 0 Å². The van der Waals surface area contributed by atoms with Gasteiger partial charge in [0.1, 0.15) is 5.78 Å². The van der Waals surface area contributed by atoms with E-state index >= 15 is 0 Å². The average molecular weight is 328 g/mol. The van der Waals surface area contributed by atoms with Gasteiger partial charge in [-0.3, -0.25) is 14.4 Å². The quantitative estimate of drug-likeness (QED) is 0.733. The van der Waals surface area contributed by atoms with Crippen molar-refractivity contribution in [3.8, 4) is 0 Å². The molecule has 0 aromatic carbocycles. The van der Waals surface area contributed by atoms with Crippen LogP contribution in [0.1, 0.15) is 65.7 Å². The van der Waals surface area contributed by atoms with Gasteiger partial charge in [-0.1, -0.05) is 13.8 Å². The van der Waals surface area contributed by atoms with E-state index in [0.717, 1.165) is 37.7 Å². The largest absolute Gasteiger partial charge is 0.300 e. The molecule has 130 valence electrons. The number of hydrogen-bond acceptors (Lipinski definition) is 3. The van der Waals surface area contributed by atoms with Crippen LogP contribution in [0.15, 0.2) is 11.6 Å². The number of carbonyl (C=O) groups is 3. The minimum atomic E-state index is -0.121. The predicted molar refractivity (Wildman–Crippen MR) is 91.3 cm³/mol. The molecule has 3 saturated carbocycles. The van der Waals surface area contributed by atoms with Crippen LogP contribution in [-0.4, -0.2) is 17.3 Å². The van der Waals surface area contributed by atoms with Crippen molar-refractivity contribution in [2.24, 2.45) is 34.5 Å². The number of Topliss-reactive ketones (excluding diaryl/α,β-unsaturated/α-hetero) is 2. The number of ketones is 3. The van der Waals surface area contributed by atoms with E-state index in [9.17, 15) is 14.4 Å². The number of rotatable bonds is 1. The van der Waals surface area contributed by atoms with Crippen LogP contribution >= 0.6 is 0 Å². The fourth-order valence-electron chi connectivity index (χ4n) is 7.05. The molecule has 4 aliphatic carbocycles. The van der Waals surface area contributed by atoms with Crippen LogP contribution < -0.4 is 0 Å². The van der Waals surface area contributed by atoms with Gasteiger partial charge in [0.05, 0.1) is 0 Å². The van der Waals surface area contributed by atoms with Crippen LogP contribution in [0.2, 0.25) is 0 Å². The molecule has 0 aromatic rings. The normalized spacial score (nSPS) is 47.5. The molecule has 0 amide bonds. The van der Waals surface area contributed by atoms with Crippen LogP contribution in [0.4, 0.5) is 0 Å². The van der Waals surface area contributed by atoms with Gasteiger partial charge >= 0.3 is 0 Å². The lowest BCUT2D eigenvalue weighted by Gasteiger charge is -2.57. The average Bonchev–Trinajstić information content (AvgIpc) is 2.87. The zero-order chi connectivity index (χ0) is 17.3. The van der Waals surface area contributed by atoms with E-state index in [4.69, 9.17) is 0 Å². The van der Waals surface area contributed by atoms with Crippen LogP contribution in [0.3, 0.4) is 0 Å². The zero-order valence-corrected chi connectivity index (χ0v) is 15.1. The molecule has 6 atom stereocenters. The summed E-state index contributed by atoms with van der Waals surface area (Å²) in [5.41, 5.74) is 0.767. The second-order valence-electron chi connectivity index (χ2n) is 9.23. The predicted octanol–water partition coefficient (Wildman–Crippen LogP) is 3.90. The van der Waals surface area contributed by atoms with E-state index in [0.29, 0.717) is 36.4 Å². The maximum atomic E-state index is 12.9. The summed E-state index contributed by atoms with van der Waals surface area (Å²) < 4.78 is 0. The molecule has 0 heterocycles. The van der Waals surface area contributed by atoms with Crippen molar-refractivity contribution < 1.29 is 14.4 Å². The molecule has 0 bridgehead atoms. The minimum absolute atomic E-state index is 0.0787. The lowest BCUT2D eigenvalue weighted by molar-refractivity contribution is -0.134. The van der Waals surface area contributed by atoms with Crippen molar-refractivity contribution in [3.05, 3.63) is 11.6 Å². The molecular formula is C21H28O3. The fourth-order valence-corrected chi connectivity index (χ4v) is 7.05. The van der Waals surface area contributed by atoms with Crippen molar-refractivity contribution in [2.75, 3.05) is 0 Å². The summed E-state index contributed by atoms with van der Waals surface area (Å²) in [4.78, 5) is 36.9. The smallest absolute Gasteiger partial charge is 0.159 e. The molecule has 0 saturated heterocycles. The van der Waals surface area contributed by atoms with Crippen molar-refractivity contribution in [3.63, 3.8) is 0 Å². The van der Waals surface area contributed by atoms with Crippen LogP contribution in [0.25, 0.3) is 0 Å². The molecule has 4 aliphatic rings. The van der Waals surface area contributed by atoms with E-state index in [2.05, 4.69) is 13.8 Å². The second-order valence-corrected chi connectivity index (χ2v) is 9.23. The zero-order valence-electron chi connectivity index (χ0n) is 15.1. The lowest BCUT2D eigenvalue weighted by Crippen LogP contribution is -2.53. The summed E-state index contributed by atoms with van der Waals surface area (Å²) in [5, 5.41) is 0. The molecule has 0 radical (unpaired) electrons. The molecule has 4 rings (SSSR count). The molecular weight excluding hydrogens is 300 g/mol. The molecule has 0 N–H and O–H groups in total. The summed E-state index contributed by atoms with van der Waals surface area (Å²) in [7, 11) is 0. The Balaban J connectivity index is 1.72. The maximum Gasteiger partial charge on any atom is 0.159 e. The van der Waals surface area contributed by atoms with E-state index in [-0.39, 0.29) is 28.3 Å². The number of carbonyl (C=O) groups excluding carboxylic acids is 3. The Kier molecular flexibility index (Phi) is 3.47. The highest BCUT2D eigenvalue weighted by Gasteiger charge is 2.61. The number of hydrogen-bond donors (Lipinski definition) is 0. The van der Waals surface area contributed by atoms with Crippen molar-refractivity contribution >= 4 is 17.3 Å². The summed E-state index contributed by atoms with van der Waals surface area (Å²) in [5.74, 6) is 2.21. The first-order chi connectivity index (χ1) is 11.3. The molecule has 0 aliphatic heterocycles. The molecule has 24 heavy (non-hydrogen) atoms. The third-order valence-corrected chi connectivity index (χ3v) is 8.28. The number of allylic oxidation sites excluding steroid dienone is 1. The van der Waals surface area contributed by atoms with E-state index < -0.39 is 0 Å².